The quantitative estimate of drug-likeness (QED) is 0.761. The molecule has 1 aromatic carbocycles. The van der Waals surface area contributed by atoms with Gasteiger partial charge in [0.1, 0.15) is 0 Å². The third kappa shape index (κ3) is 1.75. The van der Waals surface area contributed by atoms with Crippen molar-refractivity contribution >= 4 is 34.1 Å². The number of aryl methyl sites for hydroxylation is 1. The molecule has 0 saturated carbocycles. The normalized spacial score (nSPS) is 11.4. The van der Waals surface area contributed by atoms with Crippen LogP contribution in [0, 0.1) is 0 Å². The highest BCUT2D eigenvalue weighted by molar-refractivity contribution is 6.45. The van der Waals surface area contributed by atoms with Gasteiger partial charge in [-0.3, -0.25) is 5.10 Å². The Morgan fingerprint density at radius 2 is 2.16 bits per heavy atom. The minimum Gasteiger partial charge on any atom is -0.345 e. The van der Waals surface area contributed by atoms with Crippen LogP contribution in [0.5, 0.6) is 0 Å². The molecule has 3 aromatic rings. The average molecular weight is 295 g/mol. The summed E-state index contributed by atoms with van der Waals surface area (Å²) >= 11 is 12.4. The van der Waals surface area contributed by atoms with E-state index < -0.39 is 0 Å². The van der Waals surface area contributed by atoms with E-state index in [1.54, 1.807) is 12.3 Å². The Morgan fingerprint density at radius 3 is 2.79 bits per heavy atom. The molecule has 19 heavy (non-hydrogen) atoms. The molecule has 0 aliphatic rings. The highest BCUT2D eigenvalue weighted by Gasteiger charge is 2.19. The van der Waals surface area contributed by atoms with Crippen LogP contribution in [-0.2, 0) is 13.6 Å². The molecule has 0 atom stereocenters. The molecular formula is C13H12Cl2N4. The zero-order valence-electron chi connectivity index (χ0n) is 10.2. The predicted molar refractivity (Wildman–Crippen MR) is 78.4 cm³/mol. The minimum atomic E-state index is 0.416. The van der Waals surface area contributed by atoms with Crippen molar-refractivity contribution in [2.75, 3.05) is 0 Å². The van der Waals surface area contributed by atoms with Crippen molar-refractivity contribution in [2.24, 2.45) is 12.8 Å². The number of nitrogens with one attached hydrogen (secondary N) is 1. The fraction of sp³-hybridized carbons (Fsp3) is 0.154. The molecule has 3 N–H and O–H groups in total. The summed E-state index contributed by atoms with van der Waals surface area (Å²) in [5.41, 5.74) is 9.82. The molecule has 4 nitrogen and oxygen atoms in total. The number of nitrogens with two attached hydrogens (primary N) is 1. The van der Waals surface area contributed by atoms with Gasteiger partial charge in [0.15, 0.2) is 0 Å². The Morgan fingerprint density at radius 1 is 1.37 bits per heavy atom. The maximum absolute atomic E-state index is 6.32. The molecule has 98 valence electrons. The van der Waals surface area contributed by atoms with Gasteiger partial charge in [-0.25, -0.2) is 0 Å². The molecule has 0 fully saturated rings. The second-order valence-electron chi connectivity index (χ2n) is 4.33. The van der Waals surface area contributed by atoms with Gasteiger partial charge < -0.3 is 10.3 Å². The largest absolute Gasteiger partial charge is 0.345 e. The topological polar surface area (TPSA) is 59.6 Å². The number of fused-ring (bicyclic) bond motifs is 1. The Kier molecular flexibility index (Phi) is 3.01. The van der Waals surface area contributed by atoms with E-state index in [4.69, 9.17) is 28.9 Å². The van der Waals surface area contributed by atoms with E-state index in [-0.39, 0.29) is 0 Å². The van der Waals surface area contributed by atoms with Gasteiger partial charge in [-0.2, -0.15) is 5.10 Å². The minimum absolute atomic E-state index is 0.416. The molecule has 0 spiro atoms. The van der Waals surface area contributed by atoms with Crippen LogP contribution in [0.15, 0.2) is 24.5 Å². The number of hydrogen-bond acceptors (Lipinski definition) is 2. The fourth-order valence-electron chi connectivity index (χ4n) is 2.48. The first-order valence-electron chi connectivity index (χ1n) is 5.79. The van der Waals surface area contributed by atoms with E-state index in [0.29, 0.717) is 16.6 Å². The molecule has 0 bridgehead atoms. The smallest absolute Gasteiger partial charge is 0.0835 e. The number of H-pyrrole nitrogens is 1. The predicted octanol–water partition coefficient (Wildman–Crippen LogP) is 3.33. The monoisotopic (exact) mass is 294 g/mol. The molecule has 0 saturated heterocycles. The Bertz CT molecular complexity index is 744. The van der Waals surface area contributed by atoms with Crippen molar-refractivity contribution in [1.82, 2.24) is 14.8 Å². The molecular weight excluding hydrogens is 283 g/mol. The van der Waals surface area contributed by atoms with Crippen LogP contribution >= 0.6 is 23.2 Å². The maximum Gasteiger partial charge on any atom is 0.0835 e. The van der Waals surface area contributed by atoms with E-state index in [2.05, 4.69) is 10.2 Å². The van der Waals surface area contributed by atoms with Gasteiger partial charge in [-0.1, -0.05) is 29.3 Å². The summed E-state index contributed by atoms with van der Waals surface area (Å²) in [4.78, 5) is 0. The number of benzene rings is 1. The third-order valence-electron chi connectivity index (χ3n) is 3.35. The maximum atomic E-state index is 6.32. The van der Waals surface area contributed by atoms with Gasteiger partial charge in [0.2, 0.25) is 0 Å². The van der Waals surface area contributed by atoms with E-state index in [1.807, 2.05) is 23.9 Å². The van der Waals surface area contributed by atoms with Gasteiger partial charge in [-0.05, 0) is 6.07 Å². The highest BCUT2D eigenvalue weighted by Crippen LogP contribution is 2.39. The third-order valence-corrected chi connectivity index (χ3v) is 4.14. The Hall–Kier alpha value is -1.49. The van der Waals surface area contributed by atoms with Crippen LogP contribution in [0.4, 0.5) is 0 Å². The van der Waals surface area contributed by atoms with Gasteiger partial charge in [0.25, 0.3) is 0 Å². The molecule has 0 amide bonds. The number of aromatic nitrogens is 3. The number of nitrogens with zero attached hydrogens (tertiary/aromatic N) is 2. The Labute approximate surface area is 120 Å². The average Bonchev–Trinajstić information content (AvgIpc) is 3.00. The fourth-order valence-corrected chi connectivity index (χ4v) is 2.92. The van der Waals surface area contributed by atoms with Crippen LogP contribution in [0.3, 0.4) is 0 Å². The summed E-state index contributed by atoms with van der Waals surface area (Å²) in [6, 6.07) is 3.77. The van der Waals surface area contributed by atoms with E-state index in [0.717, 1.165) is 27.7 Å². The van der Waals surface area contributed by atoms with Crippen LogP contribution in [-0.4, -0.2) is 14.8 Å². The molecule has 3 rings (SSSR count). The number of hydrogen-bond donors (Lipinski definition) is 2. The molecule has 2 aromatic heterocycles. The lowest BCUT2D eigenvalue weighted by molar-refractivity contribution is 0.851. The molecule has 0 radical (unpaired) electrons. The lowest BCUT2D eigenvalue weighted by Gasteiger charge is -2.04. The Balaban J connectivity index is 2.48. The standard InChI is InChI=1S/C13H12Cl2N4/c1-19-10(4-16)11(7-5-17-18-6-7)8-2-3-9(14)12(15)13(8)19/h2-3,5-6H,4,16H2,1H3,(H,17,18). The number of halogens is 2. The van der Waals surface area contributed by atoms with E-state index in [1.165, 1.54) is 0 Å². The number of rotatable bonds is 2. The van der Waals surface area contributed by atoms with Crippen molar-refractivity contribution in [3.63, 3.8) is 0 Å². The van der Waals surface area contributed by atoms with E-state index in [9.17, 15) is 0 Å². The van der Waals surface area contributed by atoms with E-state index >= 15 is 0 Å². The van der Waals surface area contributed by atoms with Gasteiger partial charge in [-0.15, -0.1) is 0 Å². The molecule has 0 aliphatic carbocycles. The van der Waals surface area contributed by atoms with Crippen LogP contribution in [0.25, 0.3) is 22.0 Å². The summed E-state index contributed by atoms with van der Waals surface area (Å²) < 4.78 is 1.99. The molecule has 6 heteroatoms. The number of aromatic amines is 1. The molecule has 0 aliphatic heterocycles. The summed E-state index contributed by atoms with van der Waals surface area (Å²) in [6.45, 7) is 0.416. The van der Waals surface area contributed by atoms with Gasteiger partial charge in [0, 0.05) is 42.0 Å². The molecule has 2 heterocycles. The van der Waals surface area contributed by atoms with Crippen molar-refractivity contribution in [3.05, 3.63) is 40.3 Å². The van der Waals surface area contributed by atoms with Crippen molar-refractivity contribution in [3.8, 4) is 11.1 Å². The summed E-state index contributed by atoms with van der Waals surface area (Å²) in [5, 5.41) is 8.93. The first kappa shape index (κ1) is 12.5. The van der Waals surface area contributed by atoms with Crippen molar-refractivity contribution in [1.29, 1.82) is 0 Å². The van der Waals surface area contributed by atoms with Crippen LogP contribution in [0.2, 0.25) is 10.0 Å². The summed E-state index contributed by atoms with van der Waals surface area (Å²) in [7, 11) is 1.94. The summed E-state index contributed by atoms with van der Waals surface area (Å²) in [6.07, 6.45) is 3.62. The van der Waals surface area contributed by atoms with Crippen LogP contribution in [0.1, 0.15) is 5.69 Å². The van der Waals surface area contributed by atoms with Gasteiger partial charge in [0.05, 0.1) is 21.8 Å². The lowest BCUT2D eigenvalue weighted by atomic mass is 10.1. The zero-order valence-corrected chi connectivity index (χ0v) is 11.8. The lowest BCUT2D eigenvalue weighted by Crippen LogP contribution is -2.04. The second kappa shape index (κ2) is 4.56. The van der Waals surface area contributed by atoms with Crippen molar-refractivity contribution in [2.45, 2.75) is 6.54 Å². The van der Waals surface area contributed by atoms with Crippen molar-refractivity contribution < 1.29 is 0 Å². The first-order chi connectivity index (χ1) is 9.15. The second-order valence-corrected chi connectivity index (χ2v) is 5.11. The first-order valence-corrected chi connectivity index (χ1v) is 6.55. The summed E-state index contributed by atoms with van der Waals surface area (Å²) in [5.74, 6) is 0. The van der Waals surface area contributed by atoms with Gasteiger partial charge >= 0.3 is 0 Å². The van der Waals surface area contributed by atoms with Crippen LogP contribution < -0.4 is 5.73 Å². The SMILES string of the molecule is Cn1c(CN)c(-c2cn[nH]c2)c2ccc(Cl)c(Cl)c21. The zero-order chi connectivity index (χ0) is 13.6. The molecule has 0 unspecified atom stereocenters. The highest BCUT2D eigenvalue weighted by atomic mass is 35.5.